The standard InChI is InChI=1S/C26H39FN2O4/c1-16(25(32)28-15-18-5-7-19(27)8-6-18)20-9-12-26(3)13-10-21(17(2)23(26)24(20)31)29-22(30)11-14-33-4/h5-8,16-17,20-21,23-24,31H,9-15H2,1-4H3,(H,28,32)(H,29,30). The van der Waals surface area contributed by atoms with Crippen LogP contribution >= 0.6 is 0 Å². The molecule has 6 nitrogen and oxygen atoms in total. The van der Waals surface area contributed by atoms with Gasteiger partial charge in [-0.25, -0.2) is 4.39 Å². The SMILES string of the molecule is COCCC(=O)NC1CCC2(C)CCC(C(C)C(=O)NCc3ccc(F)cc3)C(O)C2C1C. The molecule has 7 atom stereocenters. The summed E-state index contributed by atoms with van der Waals surface area (Å²) in [7, 11) is 1.58. The van der Waals surface area contributed by atoms with Gasteiger partial charge in [0.1, 0.15) is 5.82 Å². The molecule has 0 radical (unpaired) electrons. The highest BCUT2D eigenvalue weighted by Gasteiger charge is 2.53. The average Bonchev–Trinajstić information content (AvgIpc) is 2.78. The van der Waals surface area contributed by atoms with Gasteiger partial charge in [0.05, 0.1) is 12.7 Å². The molecule has 2 aliphatic carbocycles. The van der Waals surface area contributed by atoms with Gasteiger partial charge in [0, 0.05) is 32.0 Å². The number of benzene rings is 1. The molecule has 7 heteroatoms. The molecule has 0 heterocycles. The first-order valence-electron chi connectivity index (χ1n) is 12.1. The summed E-state index contributed by atoms with van der Waals surface area (Å²) in [6, 6.07) is 6.10. The third-order valence-corrected chi connectivity index (χ3v) is 8.20. The number of amides is 2. The Bertz CT molecular complexity index is 817. The minimum absolute atomic E-state index is 0.00734. The molecule has 0 aliphatic heterocycles. The van der Waals surface area contributed by atoms with Gasteiger partial charge in [0.2, 0.25) is 11.8 Å². The molecule has 0 bridgehead atoms. The second-order valence-electron chi connectivity index (χ2n) is 10.3. The number of ether oxygens (including phenoxy) is 1. The van der Waals surface area contributed by atoms with Crippen molar-refractivity contribution in [3.63, 3.8) is 0 Å². The molecule has 2 aliphatic rings. The van der Waals surface area contributed by atoms with Crippen LogP contribution in [0.2, 0.25) is 0 Å². The van der Waals surface area contributed by atoms with E-state index in [1.807, 2.05) is 6.92 Å². The average molecular weight is 463 g/mol. The lowest BCUT2D eigenvalue weighted by atomic mass is 9.51. The lowest BCUT2D eigenvalue weighted by Crippen LogP contribution is -2.58. The molecule has 3 rings (SSSR count). The monoisotopic (exact) mass is 462 g/mol. The number of fused-ring (bicyclic) bond motifs is 1. The fourth-order valence-electron chi connectivity index (χ4n) is 6.12. The predicted octanol–water partition coefficient (Wildman–Crippen LogP) is 3.42. The summed E-state index contributed by atoms with van der Waals surface area (Å²) < 4.78 is 18.1. The number of carbonyl (C=O) groups excluding carboxylic acids is 2. The van der Waals surface area contributed by atoms with E-state index in [9.17, 15) is 19.1 Å². The zero-order valence-electron chi connectivity index (χ0n) is 20.3. The Morgan fingerprint density at radius 1 is 1.24 bits per heavy atom. The second kappa shape index (κ2) is 11.0. The highest BCUT2D eigenvalue weighted by Crippen LogP contribution is 2.55. The smallest absolute Gasteiger partial charge is 0.223 e. The van der Waals surface area contributed by atoms with Gasteiger partial charge in [0.15, 0.2) is 0 Å². The van der Waals surface area contributed by atoms with Gasteiger partial charge in [-0.05, 0) is 66.5 Å². The lowest BCUT2D eigenvalue weighted by molar-refractivity contribution is -0.144. The van der Waals surface area contributed by atoms with Crippen LogP contribution in [0.5, 0.6) is 0 Å². The first-order valence-corrected chi connectivity index (χ1v) is 12.1. The first-order chi connectivity index (χ1) is 15.7. The van der Waals surface area contributed by atoms with Crippen LogP contribution in [0.3, 0.4) is 0 Å². The maximum absolute atomic E-state index is 13.1. The van der Waals surface area contributed by atoms with E-state index >= 15 is 0 Å². The van der Waals surface area contributed by atoms with E-state index in [2.05, 4.69) is 24.5 Å². The van der Waals surface area contributed by atoms with E-state index in [-0.39, 0.29) is 52.8 Å². The Balaban J connectivity index is 1.63. The minimum Gasteiger partial charge on any atom is -0.392 e. The van der Waals surface area contributed by atoms with Crippen molar-refractivity contribution in [2.75, 3.05) is 13.7 Å². The fraction of sp³-hybridized carbons (Fsp3) is 0.692. The van der Waals surface area contributed by atoms with E-state index < -0.39 is 6.10 Å². The molecule has 2 fully saturated rings. The predicted molar refractivity (Wildman–Crippen MR) is 125 cm³/mol. The largest absolute Gasteiger partial charge is 0.392 e. The van der Waals surface area contributed by atoms with Crippen molar-refractivity contribution >= 4 is 11.8 Å². The van der Waals surface area contributed by atoms with E-state index in [4.69, 9.17) is 4.74 Å². The summed E-state index contributed by atoms with van der Waals surface area (Å²) in [5.41, 5.74) is 0.842. The van der Waals surface area contributed by atoms with E-state index in [0.29, 0.717) is 19.6 Å². The van der Waals surface area contributed by atoms with E-state index in [0.717, 1.165) is 31.2 Å². The lowest BCUT2D eigenvalue weighted by Gasteiger charge is -2.56. The highest BCUT2D eigenvalue weighted by atomic mass is 19.1. The topological polar surface area (TPSA) is 87.7 Å². The summed E-state index contributed by atoms with van der Waals surface area (Å²) in [6.07, 6.45) is 3.34. The number of rotatable bonds is 8. The molecule has 3 N–H and O–H groups in total. The van der Waals surface area contributed by atoms with Crippen molar-refractivity contribution < 1.29 is 23.8 Å². The first kappa shape index (κ1) is 25.6. The number of hydrogen-bond acceptors (Lipinski definition) is 4. The minimum atomic E-state index is -0.607. The highest BCUT2D eigenvalue weighted by molar-refractivity contribution is 5.78. The van der Waals surface area contributed by atoms with Gasteiger partial charge in [0.25, 0.3) is 0 Å². The zero-order chi connectivity index (χ0) is 24.2. The van der Waals surface area contributed by atoms with Gasteiger partial charge in [-0.3, -0.25) is 9.59 Å². The number of aliphatic hydroxyl groups excluding tert-OH is 1. The van der Waals surface area contributed by atoms with Crippen molar-refractivity contribution in [3.8, 4) is 0 Å². The van der Waals surface area contributed by atoms with Crippen LogP contribution in [0.4, 0.5) is 4.39 Å². The van der Waals surface area contributed by atoms with Crippen LogP contribution in [-0.4, -0.2) is 42.8 Å². The number of nitrogens with one attached hydrogen (secondary N) is 2. The van der Waals surface area contributed by atoms with Crippen LogP contribution < -0.4 is 10.6 Å². The maximum atomic E-state index is 13.1. The van der Waals surface area contributed by atoms with E-state index in [1.165, 1.54) is 12.1 Å². The van der Waals surface area contributed by atoms with Gasteiger partial charge >= 0.3 is 0 Å². The quantitative estimate of drug-likeness (QED) is 0.552. The summed E-state index contributed by atoms with van der Waals surface area (Å²) >= 11 is 0. The van der Waals surface area contributed by atoms with Crippen LogP contribution in [0.15, 0.2) is 24.3 Å². The van der Waals surface area contributed by atoms with Gasteiger partial charge in [-0.2, -0.15) is 0 Å². The Morgan fingerprint density at radius 2 is 1.91 bits per heavy atom. The van der Waals surface area contributed by atoms with Crippen molar-refractivity contribution in [1.82, 2.24) is 10.6 Å². The molecular weight excluding hydrogens is 423 g/mol. The Morgan fingerprint density at radius 3 is 2.58 bits per heavy atom. The zero-order valence-corrected chi connectivity index (χ0v) is 20.3. The maximum Gasteiger partial charge on any atom is 0.223 e. The third-order valence-electron chi connectivity index (χ3n) is 8.20. The second-order valence-corrected chi connectivity index (χ2v) is 10.3. The molecule has 0 aromatic heterocycles. The van der Waals surface area contributed by atoms with E-state index in [1.54, 1.807) is 19.2 Å². The Kier molecular flexibility index (Phi) is 8.51. The number of methoxy groups -OCH3 is 1. The van der Waals surface area contributed by atoms with Gasteiger partial charge < -0.3 is 20.5 Å². The van der Waals surface area contributed by atoms with Gasteiger partial charge in [-0.15, -0.1) is 0 Å². The fourth-order valence-corrected chi connectivity index (χ4v) is 6.12. The normalized spacial score (nSPS) is 32.5. The Labute approximate surface area is 196 Å². The number of aliphatic hydroxyl groups is 1. The molecule has 0 saturated heterocycles. The van der Waals surface area contributed by atoms with Crippen LogP contribution in [0, 0.1) is 34.9 Å². The van der Waals surface area contributed by atoms with Crippen LogP contribution in [-0.2, 0) is 20.9 Å². The Hall–Kier alpha value is -1.99. The molecule has 33 heavy (non-hydrogen) atoms. The van der Waals surface area contributed by atoms with Crippen LogP contribution in [0.1, 0.15) is 58.4 Å². The molecular formula is C26H39FN2O4. The third kappa shape index (κ3) is 5.93. The van der Waals surface area contributed by atoms with Crippen molar-refractivity contribution in [1.29, 1.82) is 0 Å². The molecule has 1 aromatic rings. The summed E-state index contributed by atoms with van der Waals surface area (Å²) in [5, 5.41) is 17.6. The summed E-state index contributed by atoms with van der Waals surface area (Å²) in [5.74, 6) is -0.766. The number of hydrogen-bond donors (Lipinski definition) is 3. The molecule has 2 amide bonds. The van der Waals surface area contributed by atoms with Gasteiger partial charge in [-0.1, -0.05) is 32.9 Å². The van der Waals surface area contributed by atoms with Crippen LogP contribution in [0.25, 0.3) is 0 Å². The van der Waals surface area contributed by atoms with Crippen molar-refractivity contribution in [3.05, 3.63) is 35.6 Å². The molecule has 2 saturated carbocycles. The van der Waals surface area contributed by atoms with Crippen molar-refractivity contribution in [2.24, 2.45) is 29.1 Å². The molecule has 0 spiro atoms. The van der Waals surface area contributed by atoms with Crippen molar-refractivity contribution in [2.45, 2.75) is 71.6 Å². The molecule has 184 valence electrons. The number of carbonyl (C=O) groups is 2. The summed E-state index contributed by atoms with van der Waals surface area (Å²) in [6.45, 7) is 6.97. The summed E-state index contributed by atoms with van der Waals surface area (Å²) in [4.78, 5) is 25.2. The number of halogens is 1. The molecule has 1 aromatic carbocycles. The molecule has 7 unspecified atom stereocenters.